The first-order chi connectivity index (χ1) is 14.0. The number of nitrogens with one attached hydrogen (secondary N) is 2. The molecule has 0 spiro atoms. The molecule has 0 aliphatic carbocycles. The average Bonchev–Trinajstić information content (AvgIpc) is 3.16. The summed E-state index contributed by atoms with van der Waals surface area (Å²) in [4.78, 5) is 24.3. The molecule has 0 aliphatic rings. The normalized spacial score (nSPS) is 10.6. The van der Waals surface area contributed by atoms with E-state index in [1.807, 2.05) is 31.2 Å². The van der Waals surface area contributed by atoms with Crippen LogP contribution >= 0.6 is 34.7 Å². The lowest BCUT2D eigenvalue weighted by Gasteiger charge is -2.07. The Morgan fingerprint density at radius 2 is 1.97 bits per heavy atom. The van der Waals surface area contributed by atoms with Gasteiger partial charge in [-0.1, -0.05) is 53.3 Å². The number of anilines is 1. The van der Waals surface area contributed by atoms with Crippen LogP contribution in [0.25, 0.3) is 0 Å². The van der Waals surface area contributed by atoms with Crippen molar-refractivity contribution in [3.05, 3.63) is 74.7 Å². The summed E-state index contributed by atoms with van der Waals surface area (Å²) < 4.78 is 0. The maximum atomic E-state index is 12.3. The van der Waals surface area contributed by atoms with Gasteiger partial charge in [-0.15, -0.1) is 22.0 Å². The Labute approximate surface area is 182 Å². The third-order valence-corrected chi connectivity index (χ3v) is 6.22. The Morgan fingerprint density at radius 1 is 1.14 bits per heavy atom. The summed E-state index contributed by atoms with van der Waals surface area (Å²) in [5.74, 6) is 0.453. The Hall–Kier alpha value is -2.42. The predicted octanol–water partition coefficient (Wildman–Crippen LogP) is 4.30. The standard InChI is InChI=1S/C20H19ClN4O2S2/c1-13-5-2-3-6-14(13)10-22-17(26)11-28-12-18-24-25-20(29-18)19(27)23-16-8-4-7-15(21)9-16/h2-9H,10-12H2,1H3,(H,22,26)(H,23,27). The molecule has 0 atom stereocenters. The number of benzene rings is 2. The number of thioether (sulfide) groups is 1. The Kier molecular flexibility index (Phi) is 7.62. The Morgan fingerprint density at radius 3 is 2.76 bits per heavy atom. The van der Waals surface area contributed by atoms with Gasteiger partial charge in [0.05, 0.1) is 5.75 Å². The molecule has 2 N–H and O–H groups in total. The third kappa shape index (κ3) is 6.56. The second kappa shape index (κ2) is 10.4. The number of hydrogen-bond donors (Lipinski definition) is 2. The van der Waals surface area contributed by atoms with Gasteiger partial charge >= 0.3 is 0 Å². The summed E-state index contributed by atoms with van der Waals surface area (Å²) in [7, 11) is 0. The largest absolute Gasteiger partial charge is 0.351 e. The second-order valence-electron chi connectivity index (χ2n) is 6.16. The molecule has 0 unspecified atom stereocenters. The van der Waals surface area contributed by atoms with Gasteiger partial charge in [0.15, 0.2) is 0 Å². The van der Waals surface area contributed by atoms with Crippen molar-refractivity contribution in [1.29, 1.82) is 0 Å². The molecular weight excluding hydrogens is 428 g/mol. The van der Waals surface area contributed by atoms with Crippen LogP contribution in [0.1, 0.15) is 25.9 Å². The highest BCUT2D eigenvalue weighted by molar-refractivity contribution is 7.99. The summed E-state index contributed by atoms with van der Waals surface area (Å²) in [5, 5.41) is 15.1. The SMILES string of the molecule is Cc1ccccc1CNC(=O)CSCc1nnc(C(=O)Nc2cccc(Cl)c2)s1. The van der Waals surface area contributed by atoms with E-state index in [1.54, 1.807) is 24.3 Å². The highest BCUT2D eigenvalue weighted by Crippen LogP contribution is 2.19. The van der Waals surface area contributed by atoms with E-state index in [9.17, 15) is 9.59 Å². The number of hydrogen-bond acceptors (Lipinski definition) is 6. The molecule has 150 valence electrons. The van der Waals surface area contributed by atoms with E-state index < -0.39 is 0 Å². The molecule has 9 heteroatoms. The molecule has 3 rings (SSSR count). The Bertz CT molecular complexity index is 1010. The van der Waals surface area contributed by atoms with Crippen molar-refractivity contribution < 1.29 is 9.59 Å². The molecule has 0 aliphatic heterocycles. The van der Waals surface area contributed by atoms with Crippen LogP contribution in [-0.4, -0.2) is 27.8 Å². The van der Waals surface area contributed by atoms with Crippen LogP contribution in [0.5, 0.6) is 0 Å². The molecule has 0 radical (unpaired) electrons. The smallest absolute Gasteiger partial charge is 0.286 e. The molecule has 2 amide bonds. The molecule has 3 aromatic rings. The first-order valence-electron chi connectivity index (χ1n) is 8.79. The molecule has 0 bridgehead atoms. The van der Waals surface area contributed by atoms with Gasteiger partial charge in [0, 0.05) is 23.0 Å². The number of nitrogens with zero attached hydrogens (tertiary/aromatic N) is 2. The van der Waals surface area contributed by atoms with Crippen LogP contribution in [0.3, 0.4) is 0 Å². The highest BCUT2D eigenvalue weighted by Gasteiger charge is 2.14. The minimum Gasteiger partial charge on any atom is -0.351 e. The lowest BCUT2D eigenvalue weighted by atomic mass is 10.1. The van der Waals surface area contributed by atoms with Crippen LogP contribution in [-0.2, 0) is 17.1 Å². The summed E-state index contributed by atoms with van der Waals surface area (Å²) in [5.41, 5.74) is 2.85. The van der Waals surface area contributed by atoms with Gasteiger partial charge in [0.2, 0.25) is 10.9 Å². The number of carbonyl (C=O) groups is 2. The fourth-order valence-corrected chi connectivity index (χ4v) is 4.27. The zero-order valence-electron chi connectivity index (χ0n) is 15.6. The van der Waals surface area contributed by atoms with Crippen molar-refractivity contribution in [1.82, 2.24) is 15.5 Å². The van der Waals surface area contributed by atoms with E-state index >= 15 is 0 Å². The van der Waals surface area contributed by atoms with Crippen molar-refractivity contribution in [3.8, 4) is 0 Å². The summed E-state index contributed by atoms with van der Waals surface area (Å²) >= 11 is 8.55. The monoisotopic (exact) mass is 446 g/mol. The first kappa shape index (κ1) is 21.3. The fraction of sp³-hybridized carbons (Fsp3) is 0.200. The lowest BCUT2D eigenvalue weighted by Crippen LogP contribution is -2.24. The molecular formula is C20H19ClN4O2S2. The van der Waals surface area contributed by atoms with Crippen molar-refractivity contribution in [3.63, 3.8) is 0 Å². The zero-order chi connectivity index (χ0) is 20.6. The summed E-state index contributed by atoms with van der Waals surface area (Å²) in [6, 6.07) is 14.8. The van der Waals surface area contributed by atoms with E-state index in [0.717, 1.165) is 11.1 Å². The number of amides is 2. The molecule has 1 aromatic heterocycles. The van der Waals surface area contributed by atoms with E-state index in [1.165, 1.54) is 23.1 Å². The molecule has 0 saturated heterocycles. The van der Waals surface area contributed by atoms with Gasteiger partial charge < -0.3 is 10.6 Å². The Balaban J connectivity index is 1.42. The summed E-state index contributed by atoms with van der Waals surface area (Å²) in [6.45, 7) is 2.53. The predicted molar refractivity (Wildman–Crippen MR) is 119 cm³/mol. The zero-order valence-corrected chi connectivity index (χ0v) is 18.0. The maximum absolute atomic E-state index is 12.3. The van der Waals surface area contributed by atoms with Gasteiger partial charge in [-0.05, 0) is 36.2 Å². The van der Waals surface area contributed by atoms with Crippen LogP contribution in [0, 0.1) is 6.92 Å². The van der Waals surface area contributed by atoms with Crippen molar-refractivity contribution in [2.45, 2.75) is 19.2 Å². The number of rotatable bonds is 8. The quantitative estimate of drug-likeness (QED) is 0.538. The molecule has 6 nitrogen and oxygen atoms in total. The van der Waals surface area contributed by atoms with E-state index in [2.05, 4.69) is 20.8 Å². The topological polar surface area (TPSA) is 84.0 Å². The molecule has 0 saturated carbocycles. The number of halogens is 1. The third-order valence-electron chi connectivity index (χ3n) is 3.94. The molecule has 29 heavy (non-hydrogen) atoms. The van der Waals surface area contributed by atoms with Crippen molar-refractivity contribution in [2.75, 3.05) is 11.1 Å². The van der Waals surface area contributed by atoms with Crippen LogP contribution < -0.4 is 10.6 Å². The highest BCUT2D eigenvalue weighted by atomic mass is 35.5. The fourth-order valence-electron chi connectivity index (χ4n) is 2.44. The first-order valence-corrected chi connectivity index (χ1v) is 11.1. The van der Waals surface area contributed by atoms with E-state index in [0.29, 0.717) is 33.8 Å². The summed E-state index contributed by atoms with van der Waals surface area (Å²) in [6.07, 6.45) is 0. The molecule has 1 heterocycles. The van der Waals surface area contributed by atoms with Gasteiger partial charge in [-0.2, -0.15) is 0 Å². The van der Waals surface area contributed by atoms with Gasteiger partial charge in [0.1, 0.15) is 5.01 Å². The van der Waals surface area contributed by atoms with Gasteiger partial charge in [0.25, 0.3) is 5.91 Å². The average molecular weight is 447 g/mol. The molecule has 0 fully saturated rings. The van der Waals surface area contributed by atoms with E-state index in [-0.39, 0.29) is 16.8 Å². The minimum atomic E-state index is -0.336. The minimum absolute atomic E-state index is 0.0401. The maximum Gasteiger partial charge on any atom is 0.286 e. The van der Waals surface area contributed by atoms with Crippen LogP contribution in [0.15, 0.2) is 48.5 Å². The van der Waals surface area contributed by atoms with Gasteiger partial charge in [-0.3, -0.25) is 9.59 Å². The van der Waals surface area contributed by atoms with Crippen LogP contribution in [0.4, 0.5) is 5.69 Å². The van der Waals surface area contributed by atoms with E-state index in [4.69, 9.17) is 11.6 Å². The molecule has 2 aromatic carbocycles. The number of aromatic nitrogens is 2. The number of carbonyl (C=O) groups excluding carboxylic acids is 2. The number of aryl methyl sites for hydroxylation is 1. The van der Waals surface area contributed by atoms with Crippen molar-refractivity contribution >= 4 is 52.2 Å². The van der Waals surface area contributed by atoms with Crippen molar-refractivity contribution in [2.24, 2.45) is 0 Å². The van der Waals surface area contributed by atoms with Gasteiger partial charge in [-0.25, -0.2) is 0 Å². The second-order valence-corrected chi connectivity index (χ2v) is 8.65. The van der Waals surface area contributed by atoms with Crippen LogP contribution in [0.2, 0.25) is 5.02 Å². The lowest BCUT2D eigenvalue weighted by molar-refractivity contribution is -0.118.